The fourth-order valence-corrected chi connectivity index (χ4v) is 3.64. The molecule has 2 aromatic heterocycles. The number of carbonyl (C=O) groups excluding carboxylic acids is 1. The van der Waals surface area contributed by atoms with Gasteiger partial charge in [0.05, 0.1) is 17.7 Å². The van der Waals surface area contributed by atoms with Crippen molar-refractivity contribution in [2.24, 2.45) is 5.92 Å². The molecule has 1 atom stereocenters. The highest BCUT2D eigenvalue weighted by molar-refractivity contribution is 7.20. The number of aromatic nitrogens is 1. The van der Waals surface area contributed by atoms with Crippen LogP contribution in [0.15, 0.2) is 22.9 Å². The summed E-state index contributed by atoms with van der Waals surface area (Å²) in [5.74, 6) is 0.219. The average molecular weight is 324 g/mol. The van der Waals surface area contributed by atoms with Gasteiger partial charge in [0.25, 0.3) is 0 Å². The molecule has 0 aliphatic heterocycles. The number of ether oxygens (including phenoxy) is 1. The molecule has 114 valence electrons. The molecule has 0 bridgehead atoms. The van der Waals surface area contributed by atoms with E-state index in [-0.39, 0.29) is 12.0 Å². The molecule has 21 heavy (non-hydrogen) atoms. The second-order valence-electron chi connectivity index (χ2n) is 5.21. The Labute approximate surface area is 133 Å². The molecule has 0 aliphatic carbocycles. The molecular weight excluding hydrogens is 304 g/mol. The van der Waals surface area contributed by atoms with Gasteiger partial charge in [0.15, 0.2) is 0 Å². The first kappa shape index (κ1) is 16.1. The van der Waals surface area contributed by atoms with Crippen LogP contribution in [-0.2, 0) is 16.1 Å². The predicted octanol–water partition coefficient (Wildman–Crippen LogP) is 3.55. The molecule has 1 unspecified atom stereocenters. The second-order valence-corrected chi connectivity index (χ2v) is 7.01. The highest BCUT2D eigenvalue weighted by atomic mass is 32.1. The fourth-order valence-electron chi connectivity index (χ4n) is 2.01. The van der Waals surface area contributed by atoms with Crippen LogP contribution in [0.3, 0.4) is 0 Å². The molecule has 0 fully saturated rings. The summed E-state index contributed by atoms with van der Waals surface area (Å²) in [6.45, 7) is 4.76. The zero-order valence-corrected chi connectivity index (χ0v) is 14.1. The molecule has 0 radical (unpaired) electrons. The molecule has 0 aliphatic rings. The van der Waals surface area contributed by atoms with Crippen LogP contribution < -0.4 is 5.32 Å². The standard InChI is InChI=1S/C15H20N2O2S2/c1-10(2)7-12(15(18)19-3)16-8-11-9-21-14(17-11)13-5-4-6-20-13/h4-6,9-10,12,16H,7-8H2,1-3H3. The van der Waals surface area contributed by atoms with Crippen molar-refractivity contribution in [3.05, 3.63) is 28.6 Å². The number of thiophene rings is 1. The van der Waals surface area contributed by atoms with Gasteiger partial charge in [0.1, 0.15) is 11.0 Å². The molecule has 0 saturated carbocycles. The minimum atomic E-state index is -0.276. The summed E-state index contributed by atoms with van der Waals surface area (Å²) in [5, 5.41) is 8.36. The summed E-state index contributed by atoms with van der Waals surface area (Å²) in [4.78, 5) is 17.5. The molecule has 0 aromatic carbocycles. The van der Waals surface area contributed by atoms with E-state index in [0.717, 1.165) is 17.1 Å². The number of thiazole rings is 1. The van der Waals surface area contributed by atoms with E-state index in [1.807, 2.05) is 16.8 Å². The number of carbonyl (C=O) groups is 1. The van der Waals surface area contributed by atoms with E-state index in [1.165, 1.54) is 12.0 Å². The lowest BCUT2D eigenvalue weighted by Gasteiger charge is -2.17. The van der Waals surface area contributed by atoms with E-state index in [4.69, 9.17) is 4.74 Å². The van der Waals surface area contributed by atoms with Gasteiger partial charge in [-0.2, -0.15) is 0 Å². The molecule has 1 N–H and O–H groups in total. The van der Waals surface area contributed by atoms with E-state index in [1.54, 1.807) is 22.7 Å². The van der Waals surface area contributed by atoms with Gasteiger partial charge in [-0.1, -0.05) is 19.9 Å². The van der Waals surface area contributed by atoms with Crippen LogP contribution in [0, 0.1) is 5.92 Å². The van der Waals surface area contributed by atoms with Crippen LogP contribution in [0.1, 0.15) is 26.0 Å². The van der Waals surface area contributed by atoms with E-state index in [0.29, 0.717) is 12.5 Å². The van der Waals surface area contributed by atoms with Gasteiger partial charge in [0, 0.05) is 11.9 Å². The monoisotopic (exact) mass is 324 g/mol. The number of hydrogen-bond donors (Lipinski definition) is 1. The Morgan fingerprint density at radius 2 is 2.24 bits per heavy atom. The third-order valence-electron chi connectivity index (χ3n) is 3.01. The second kappa shape index (κ2) is 7.68. The normalized spacial score (nSPS) is 12.6. The topological polar surface area (TPSA) is 51.2 Å². The van der Waals surface area contributed by atoms with Crippen LogP contribution in [0.4, 0.5) is 0 Å². The largest absolute Gasteiger partial charge is 0.468 e. The van der Waals surface area contributed by atoms with E-state index in [2.05, 4.69) is 30.2 Å². The lowest BCUT2D eigenvalue weighted by molar-refractivity contribution is -0.143. The summed E-state index contributed by atoms with van der Waals surface area (Å²) in [5.41, 5.74) is 0.959. The van der Waals surface area contributed by atoms with Crippen molar-refractivity contribution >= 4 is 28.6 Å². The van der Waals surface area contributed by atoms with E-state index >= 15 is 0 Å². The smallest absolute Gasteiger partial charge is 0.322 e. The SMILES string of the molecule is COC(=O)C(CC(C)C)NCc1csc(-c2cccs2)n1. The van der Waals surface area contributed by atoms with Gasteiger partial charge in [-0.05, 0) is 23.8 Å². The minimum Gasteiger partial charge on any atom is -0.468 e. The average Bonchev–Trinajstić information content (AvgIpc) is 3.12. The maximum Gasteiger partial charge on any atom is 0.322 e. The Kier molecular flexibility index (Phi) is 5.90. The quantitative estimate of drug-likeness (QED) is 0.791. The van der Waals surface area contributed by atoms with Crippen molar-refractivity contribution < 1.29 is 9.53 Å². The predicted molar refractivity (Wildman–Crippen MR) is 87.5 cm³/mol. The Balaban J connectivity index is 1.96. The maximum atomic E-state index is 11.8. The van der Waals surface area contributed by atoms with Crippen LogP contribution in [0.5, 0.6) is 0 Å². The lowest BCUT2D eigenvalue weighted by Crippen LogP contribution is -2.38. The molecule has 2 aromatic rings. The Morgan fingerprint density at radius 3 is 2.86 bits per heavy atom. The van der Waals surface area contributed by atoms with Crippen molar-refractivity contribution in [2.45, 2.75) is 32.9 Å². The summed E-state index contributed by atoms with van der Waals surface area (Å²) in [6.07, 6.45) is 0.759. The van der Waals surface area contributed by atoms with Gasteiger partial charge in [0.2, 0.25) is 0 Å². The Hall–Kier alpha value is -1.24. The first-order valence-corrected chi connectivity index (χ1v) is 8.65. The lowest BCUT2D eigenvalue weighted by atomic mass is 10.0. The minimum absolute atomic E-state index is 0.211. The number of esters is 1. The van der Waals surface area contributed by atoms with Gasteiger partial charge in [-0.15, -0.1) is 22.7 Å². The number of methoxy groups -OCH3 is 1. The van der Waals surface area contributed by atoms with E-state index in [9.17, 15) is 4.79 Å². The third kappa shape index (κ3) is 4.62. The van der Waals surface area contributed by atoms with Crippen molar-refractivity contribution in [3.8, 4) is 9.88 Å². The van der Waals surface area contributed by atoms with Crippen molar-refractivity contribution in [1.29, 1.82) is 0 Å². The van der Waals surface area contributed by atoms with Crippen LogP contribution >= 0.6 is 22.7 Å². The zero-order chi connectivity index (χ0) is 15.2. The maximum absolute atomic E-state index is 11.8. The number of nitrogens with one attached hydrogen (secondary N) is 1. The molecular formula is C15H20N2O2S2. The highest BCUT2D eigenvalue weighted by Gasteiger charge is 2.20. The Bertz CT molecular complexity index is 564. The summed E-state index contributed by atoms with van der Waals surface area (Å²) >= 11 is 3.31. The molecule has 0 saturated heterocycles. The van der Waals surface area contributed by atoms with Gasteiger partial charge < -0.3 is 4.74 Å². The van der Waals surface area contributed by atoms with Crippen LogP contribution in [0.2, 0.25) is 0 Å². The summed E-state index contributed by atoms with van der Waals surface area (Å²) < 4.78 is 4.85. The summed E-state index contributed by atoms with van der Waals surface area (Å²) in [7, 11) is 1.43. The fraction of sp³-hybridized carbons (Fsp3) is 0.467. The molecule has 0 spiro atoms. The number of nitrogens with zero attached hydrogens (tertiary/aromatic N) is 1. The molecule has 0 amide bonds. The first-order chi connectivity index (χ1) is 10.1. The molecule has 4 nitrogen and oxygen atoms in total. The number of hydrogen-bond acceptors (Lipinski definition) is 6. The highest BCUT2D eigenvalue weighted by Crippen LogP contribution is 2.27. The van der Waals surface area contributed by atoms with Gasteiger partial charge in [-0.3, -0.25) is 10.1 Å². The van der Waals surface area contributed by atoms with Gasteiger partial charge >= 0.3 is 5.97 Å². The molecule has 2 rings (SSSR count). The van der Waals surface area contributed by atoms with E-state index < -0.39 is 0 Å². The first-order valence-electron chi connectivity index (χ1n) is 6.89. The van der Waals surface area contributed by atoms with Crippen LogP contribution in [0.25, 0.3) is 9.88 Å². The Morgan fingerprint density at radius 1 is 1.43 bits per heavy atom. The molecule has 2 heterocycles. The van der Waals surface area contributed by atoms with Crippen molar-refractivity contribution in [3.63, 3.8) is 0 Å². The zero-order valence-electron chi connectivity index (χ0n) is 12.5. The van der Waals surface area contributed by atoms with Crippen molar-refractivity contribution in [1.82, 2.24) is 10.3 Å². The van der Waals surface area contributed by atoms with Crippen molar-refractivity contribution in [2.75, 3.05) is 7.11 Å². The van der Waals surface area contributed by atoms with Gasteiger partial charge in [-0.25, -0.2) is 4.98 Å². The van der Waals surface area contributed by atoms with Crippen LogP contribution in [-0.4, -0.2) is 24.1 Å². The number of rotatable bonds is 7. The third-order valence-corrected chi connectivity index (χ3v) is 4.94. The summed E-state index contributed by atoms with van der Waals surface area (Å²) in [6, 6.07) is 3.81. The molecule has 6 heteroatoms.